The number of allylic oxidation sites excluding steroid dienone is 1. The molecule has 0 unspecified atom stereocenters. The van der Waals surface area contributed by atoms with Gasteiger partial charge in [0, 0.05) is 0 Å². The molecule has 1 heteroatoms. The van der Waals surface area contributed by atoms with Gasteiger partial charge in [0.15, 0.2) is 0 Å². The van der Waals surface area contributed by atoms with Crippen molar-refractivity contribution in [3.05, 3.63) is 12.7 Å². The Morgan fingerprint density at radius 2 is 1.69 bits per heavy atom. The molecule has 0 atom stereocenters. The van der Waals surface area contributed by atoms with Gasteiger partial charge in [0.2, 0.25) is 0 Å². The van der Waals surface area contributed by atoms with Crippen molar-refractivity contribution in [3.8, 4) is 0 Å². The van der Waals surface area contributed by atoms with Crippen LogP contribution in [-0.4, -0.2) is 21.6 Å². The average Bonchev–Trinajstić information content (AvgIpc) is 2.16. The van der Waals surface area contributed by atoms with Gasteiger partial charge in [0.25, 0.3) is 0 Å². The second kappa shape index (κ2) is 12.6. The molecule has 0 aliphatic carbocycles. The summed E-state index contributed by atoms with van der Waals surface area (Å²) in [5.41, 5.74) is 0. The SMILES string of the molecule is C=CC[CH2][Sb][CH2]CCCCCCC. The van der Waals surface area contributed by atoms with Crippen molar-refractivity contribution in [1.29, 1.82) is 0 Å². The van der Waals surface area contributed by atoms with Crippen LogP contribution in [0.4, 0.5) is 0 Å². The zero-order valence-corrected chi connectivity index (χ0v) is 11.6. The van der Waals surface area contributed by atoms with E-state index in [1.165, 1.54) is 49.3 Å². The molecule has 0 N–H and O–H groups in total. The van der Waals surface area contributed by atoms with E-state index in [-0.39, 0.29) is 21.6 Å². The average molecular weight is 290 g/mol. The summed E-state index contributed by atoms with van der Waals surface area (Å²) in [7, 11) is 0. The summed E-state index contributed by atoms with van der Waals surface area (Å²) in [5.74, 6) is 0. The van der Waals surface area contributed by atoms with Gasteiger partial charge in [-0.05, 0) is 0 Å². The van der Waals surface area contributed by atoms with Gasteiger partial charge in [-0.1, -0.05) is 0 Å². The van der Waals surface area contributed by atoms with Crippen molar-refractivity contribution in [2.75, 3.05) is 0 Å². The predicted molar refractivity (Wildman–Crippen MR) is 63.6 cm³/mol. The van der Waals surface area contributed by atoms with E-state index < -0.39 is 0 Å². The molecule has 0 aliphatic rings. The Morgan fingerprint density at radius 3 is 2.38 bits per heavy atom. The van der Waals surface area contributed by atoms with Crippen LogP contribution in [0.25, 0.3) is 0 Å². The number of hydrogen-bond donors (Lipinski definition) is 0. The van der Waals surface area contributed by atoms with Gasteiger partial charge in [-0.3, -0.25) is 0 Å². The number of hydrogen-bond acceptors (Lipinski definition) is 0. The molecular formula is C12H24Sb. The zero-order chi connectivity index (χ0) is 9.78. The Kier molecular flexibility index (Phi) is 13.1. The molecule has 0 aliphatic heterocycles. The van der Waals surface area contributed by atoms with E-state index in [9.17, 15) is 0 Å². The monoisotopic (exact) mass is 289 g/mol. The minimum absolute atomic E-state index is 0.201. The second-order valence-electron chi connectivity index (χ2n) is 3.52. The maximum absolute atomic E-state index is 3.75. The van der Waals surface area contributed by atoms with Crippen LogP contribution in [0.1, 0.15) is 51.9 Å². The fourth-order valence-corrected chi connectivity index (χ4v) is 4.26. The van der Waals surface area contributed by atoms with E-state index in [2.05, 4.69) is 19.6 Å². The van der Waals surface area contributed by atoms with Crippen molar-refractivity contribution < 1.29 is 0 Å². The summed E-state index contributed by atoms with van der Waals surface area (Å²) >= 11 is 0.201. The molecule has 0 aromatic rings. The molecule has 0 nitrogen and oxygen atoms in total. The third-order valence-electron chi connectivity index (χ3n) is 2.16. The molecule has 0 aromatic carbocycles. The zero-order valence-electron chi connectivity index (χ0n) is 9.10. The Hall–Kier alpha value is 0.558. The second-order valence-corrected chi connectivity index (χ2v) is 7.35. The van der Waals surface area contributed by atoms with Crippen LogP contribution in [0, 0.1) is 0 Å². The third kappa shape index (κ3) is 12.6. The minimum atomic E-state index is 0.201. The predicted octanol–water partition coefficient (Wildman–Crippen LogP) is 4.46. The van der Waals surface area contributed by atoms with Gasteiger partial charge in [-0.2, -0.15) is 0 Å². The Labute approximate surface area is 94.7 Å². The molecular weight excluding hydrogens is 266 g/mol. The van der Waals surface area contributed by atoms with Gasteiger partial charge < -0.3 is 0 Å². The van der Waals surface area contributed by atoms with Crippen molar-refractivity contribution in [3.63, 3.8) is 0 Å². The first-order valence-electron chi connectivity index (χ1n) is 5.66. The van der Waals surface area contributed by atoms with Crippen LogP contribution in [0.2, 0.25) is 8.73 Å². The van der Waals surface area contributed by atoms with E-state index in [0.717, 1.165) is 0 Å². The first-order chi connectivity index (χ1) is 6.41. The summed E-state index contributed by atoms with van der Waals surface area (Å²) < 4.78 is 3.08. The van der Waals surface area contributed by atoms with E-state index in [4.69, 9.17) is 0 Å². The fourth-order valence-electron chi connectivity index (χ4n) is 1.30. The van der Waals surface area contributed by atoms with Gasteiger partial charge in [0.1, 0.15) is 0 Å². The fraction of sp³-hybridized carbons (Fsp3) is 0.833. The Bertz CT molecular complexity index is 99.3. The quantitative estimate of drug-likeness (QED) is 0.316. The Balaban J connectivity index is 2.79. The molecule has 0 bridgehead atoms. The van der Waals surface area contributed by atoms with E-state index >= 15 is 0 Å². The van der Waals surface area contributed by atoms with Gasteiger partial charge >= 0.3 is 94.9 Å². The van der Waals surface area contributed by atoms with Gasteiger partial charge in [-0.15, -0.1) is 0 Å². The summed E-state index contributed by atoms with van der Waals surface area (Å²) in [6.07, 6.45) is 12.1. The first-order valence-corrected chi connectivity index (χ1v) is 9.27. The molecule has 77 valence electrons. The van der Waals surface area contributed by atoms with Gasteiger partial charge in [-0.25, -0.2) is 0 Å². The molecule has 1 radical (unpaired) electrons. The van der Waals surface area contributed by atoms with E-state index in [1.807, 2.05) is 0 Å². The van der Waals surface area contributed by atoms with Crippen molar-refractivity contribution >= 4 is 21.6 Å². The molecule has 0 fully saturated rings. The summed E-state index contributed by atoms with van der Waals surface area (Å²) in [4.78, 5) is 0. The molecule has 0 spiro atoms. The van der Waals surface area contributed by atoms with E-state index in [0.29, 0.717) is 0 Å². The van der Waals surface area contributed by atoms with Crippen molar-refractivity contribution in [2.24, 2.45) is 0 Å². The molecule has 0 rings (SSSR count). The molecule has 0 saturated carbocycles. The van der Waals surface area contributed by atoms with Crippen LogP contribution in [0.15, 0.2) is 12.7 Å². The summed E-state index contributed by atoms with van der Waals surface area (Å²) in [6, 6.07) is 0. The van der Waals surface area contributed by atoms with Crippen LogP contribution in [0.3, 0.4) is 0 Å². The van der Waals surface area contributed by atoms with Crippen LogP contribution in [0.5, 0.6) is 0 Å². The number of unbranched alkanes of at least 4 members (excludes halogenated alkanes) is 5. The molecule has 0 heterocycles. The van der Waals surface area contributed by atoms with Gasteiger partial charge in [0.05, 0.1) is 0 Å². The molecule has 13 heavy (non-hydrogen) atoms. The summed E-state index contributed by atoms with van der Waals surface area (Å²) in [5, 5.41) is 0. The molecule has 0 saturated heterocycles. The molecule has 0 aromatic heterocycles. The van der Waals surface area contributed by atoms with Crippen LogP contribution in [-0.2, 0) is 0 Å². The standard InChI is InChI=1S/C8H17.C4H7.Sb/c1-3-5-7-8-6-4-2;1-3-4-2;/h1,3-8H2,2H3;3H,1-2,4H2;. The first kappa shape index (κ1) is 13.6. The van der Waals surface area contributed by atoms with Crippen molar-refractivity contribution in [1.82, 2.24) is 0 Å². The maximum atomic E-state index is 3.75. The Morgan fingerprint density at radius 1 is 1.00 bits per heavy atom. The van der Waals surface area contributed by atoms with Crippen molar-refractivity contribution in [2.45, 2.75) is 60.6 Å². The van der Waals surface area contributed by atoms with Crippen LogP contribution >= 0.6 is 0 Å². The normalized spacial score (nSPS) is 10.2. The number of rotatable bonds is 10. The third-order valence-corrected chi connectivity index (χ3v) is 5.61. The summed E-state index contributed by atoms with van der Waals surface area (Å²) in [6.45, 7) is 6.03. The van der Waals surface area contributed by atoms with E-state index in [1.54, 1.807) is 4.37 Å². The van der Waals surface area contributed by atoms with Crippen LogP contribution < -0.4 is 0 Å². The molecule has 0 amide bonds. The topological polar surface area (TPSA) is 0 Å².